The average Bonchev–Trinajstić information content (AvgIpc) is 3.03. The van der Waals surface area contributed by atoms with Crippen LogP contribution in [0, 0.1) is 5.82 Å². The second-order valence-electron chi connectivity index (χ2n) is 6.33. The van der Waals surface area contributed by atoms with Crippen molar-refractivity contribution < 1.29 is 12.8 Å². The summed E-state index contributed by atoms with van der Waals surface area (Å²) in [5.41, 5.74) is 6.87. The number of nitrogens with zero attached hydrogens (tertiary/aromatic N) is 4. The van der Waals surface area contributed by atoms with E-state index in [4.69, 9.17) is 17.3 Å². The zero-order valence-electron chi connectivity index (χ0n) is 15.3. The molecule has 30 heavy (non-hydrogen) atoms. The van der Waals surface area contributed by atoms with E-state index in [0.717, 1.165) is 6.20 Å². The van der Waals surface area contributed by atoms with Gasteiger partial charge in [0, 0.05) is 30.6 Å². The number of halogens is 3. The Bertz CT molecular complexity index is 1410. The summed E-state index contributed by atoms with van der Waals surface area (Å²) in [7, 11) is -2.37. The number of hydrogen-bond donors (Lipinski definition) is 2. The van der Waals surface area contributed by atoms with Crippen molar-refractivity contribution in [1.82, 2.24) is 19.5 Å². The number of nitrogens with one attached hydrogen (secondary N) is 1. The molecule has 0 bridgehead atoms. The van der Waals surface area contributed by atoms with Crippen LogP contribution in [0.2, 0.25) is 5.15 Å². The molecule has 3 N–H and O–H groups in total. The standard InChI is InChI=1S/C18H13BrClFN6O2S/c1-27-7-11(14-17(22)24-8-25-18(14)27)10-3-2-4-13(15(10)21)26-30(28,29)9-5-12(19)16(20)23-6-9/h2-8,26H,1H3,(H2,22,24,25). The van der Waals surface area contributed by atoms with Gasteiger partial charge in [-0.25, -0.2) is 27.8 Å². The Balaban J connectivity index is 1.81. The molecule has 0 aliphatic carbocycles. The normalized spacial score (nSPS) is 11.7. The van der Waals surface area contributed by atoms with Crippen molar-refractivity contribution >= 4 is 60.1 Å². The van der Waals surface area contributed by atoms with Crippen LogP contribution in [-0.4, -0.2) is 27.9 Å². The van der Waals surface area contributed by atoms with E-state index in [1.165, 1.54) is 30.6 Å². The highest BCUT2D eigenvalue weighted by molar-refractivity contribution is 9.10. The molecule has 0 aliphatic rings. The van der Waals surface area contributed by atoms with Gasteiger partial charge >= 0.3 is 0 Å². The number of aryl methyl sites for hydroxylation is 1. The number of nitrogen functional groups attached to an aromatic ring is 1. The molecule has 0 unspecified atom stereocenters. The quantitative estimate of drug-likeness (QED) is 0.401. The predicted molar refractivity (Wildman–Crippen MR) is 116 cm³/mol. The van der Waals surface area contributed by atoms with E-state index in [1.54, 1.807) is 17.8 Å². The third-order valence-corrected chi connectivity index (χ3v) is 6.86. The van der Waals surface area contributed by atoms with Crippen molar-refractivity contribution in [2.75, 3.05) is 10.5 Å². The molecule has 0 fully saturated rings. The summed E-state index contributed by atoms with van der Waals surface area (Å²) in [4.78, 5) is 11.8. The van der Waals surface area contributed by atoms with Crippen LogP contribution in [0.4, 0.5) is 15.9 Å². The summed E-state index contributed by atoms with van der Waals surface area (Å²) >= 11 is 8.94. The lowest BCUT2D eigenvalue weighted by Gasteiger charge is -2.12. The number of sulfonamides is 1. The van der Waals surface area contributed by atoms with Gasteiger partial charge in [0.15, 0.2) is 5.82 Å². The molecule has 0 saturated carbocycles. The monoisotopic (exact) mass is 510 g/mol. The molecule has 0 radical (unpaired) electrons. The lowest BCUT2D eigenvalue weighted by molar-refractivity contribution is 0.598. The van der Waals surface area contributed by atoms with Gasteiger partial charge in [-0.05, 0) is 28.1 Å². The van der Waals surface area contributed by atoms with Crippen molar-refractivity contribution in [3.8, 4) is 11.1 Å². The molecule has 3 aromatic heterocycles. The number of benzene rings is 1. The SMILES string of the molecule is Cn1cc(-c2cccc(NS(=O)(=O)c3cnc(Cl)c(Br)c3)c2F)c2c(N)ncnc21. The van der Waals surface area contributed by atoms with Gasteiger partial charge in [0.05, 0.1) is 15.5 Å². The van der Waals surface area contributed by atoms with Gasteiger partial charge in [-0.15, -0.1) is 0 Å². The van der Waals surface area contributed by atoms with Crippen LogP contribution in [0.5, 0.6) is 0 Å². The Morgan fingerprint density at radius 1 is 1.23 bits per heavy atom. The number of rotatable bonds is 4. The second kappa shape index (κ2) is 7.49. The average molecular weight is 512 g/mol. The first-order valence-electron chi connectivity index (χ1n) is 8.37. The number of anilines is 2. The molecule has 0 spiro atoms. The first kappa shape index (κ1) is 20.5. The molecule has 0 aliphatic heterocycles. The summed E-state index contributed by atoms with van der Waals surface area (Å²) in [5, 5.41) is 0.586. The largest absolute Gasteiger partial charge is 0.383 e. The first-order chi connectivity index (χ1) is 14.2. The molecule has 0 saturated heterocycles. The molecule has 1 aromatic carbocycles. The third-order valence-electron chi connectivity index (χ3n) is 4.40. The highest BCUT2D eigenvalue weighted by Crippen LogP contribution is 2.36. The fourth-order valence-corrected chi connectivity index (χ4v) is 4.65. The predicted octanol–water partition coefficient (Wildman–Crippen LogP) is 3.97. The first-order valence-corrected chi connectivity index (χ1v) is 11.0. The van der Waals surface area contributed by atoms with Crippen LogP contribution in [0.25, 0.3) is 22.2 Å². The maximum Gasteiger partial charge on any atom is 0.263 e. The van der Waals surface area contributed by atoms with Crippen LogP contribution in [0.1, 0.15) is 0 Å². The Labute approximate surface area is 184 Å². The highest BCUT2D eigenvalue weighted by Gasteiger charge is 2.22. The van der Waals surface area contributed by atoms with E-state index in [9.17, 15) is 8.42 Å². The van der Waals surface area contributed by atoms with E-state index < -0.39 is 15.8 Å². The lowest BCUT2D eigenvalue weighted by atomic mass is 10.0. The van der Waals surface area contributed by atoms with Crippen molar-refractivity contribution in [1.29, 1.82) is 0 Å². The van der Waals surface area contributed by atoms with Crippen LogP contribution in [0.3, 0.4) is 0 Å². The smallest absolute Gasteiger partial charge is 0.263 e. The maximum atomic E-state index is 15.4. The van der Waals surface area contributed by atoms with Crippen LogP contribution in [0.15, 0.2) is 52.4 Å². The number of nitrogens with two attached hydrogens (primary N) is 1. The van der Waals surface area contributed by atoms with Crippen LogP contribution in [-0.2, 0) is 17.1 Å². The summed E-state index contributed by atoms with van der Waals surface area (Å²) in [6.07, 6.45) is 4.06. The molecule has 0 amide bonds. The van der Waals surface area contributed by atoms with Gasteiger partial charge in [0.1, 0.15) is 27.8 Å². The Kier molecular flexibility index (Phi) is 5.12. The molecular weight excluding hydrogens is 499 g/mol. The van der Waals surface area contributed by atoms with Crippen molar-refractivity contribution in [2.45, 2.75) is 4.90 Å². The zero-order valence-corrected chi connectivity index (χ0v) is 18.4. The molecule has 4 rings (SSSR count). The van der Waals surface area contributed by atoms with E-state index in [2.05, 4.69) is 35.6 Å². The summed E-state index contributed by atoms with van der Waals surface area (Å²) in [6, 6.07) is 5.65. The molecule has 12 heteroatoms. The Morgan fingerprint density at radius 3 is 2.73 bits per heavy atom. The summed E-state index contributed by atoms with van der Waals surface area (Å²) < 4.78 is 45.0. The van der Waals surface area contributed by atoms with Gasteiger partial charge in [-0.2, -0.15) is 0 Å². The molecule has 8 nitrogen and oxygen atoms in total. The molecule has 0 atom stereocenters. The van der Waals surface area contributed by atoms with Crippen molar-refractivity contribution in [3.63, 3.8) is 0 Å². The zero-order chi connectivity index (χ0) is 21.6. The lowest BCUT2D eigenvalue weighted by Crippen LogP contribution is -2.14. The van der Waals surface area contributed by atoms with Crippen molar-refractivity contribution in [3.05, 3.63) is 58.4 Å². The van der Waals surface area contributed by atoms with E-state index in [0.29, 0.717) is 21.1 Å². The van der Waals surface area contributed by atoms with E-state index in [-0.39, 0.29) is 27.1 Å². The second-order valence-corrected chi connectivity index (χ2v) is 9.22. The van der Waals surface area contributed by atoms with Crippen molar-refractivity contribution in [2.24, 2.45) is 7.05 Å². The Morgan fingerprint density at radius 2 is 2.00 bits per heavy atom. The molecule has 4 aromatic rings. The third kappa shape index (κ3) is 3.48. The molecule has 3 heterocycles. The Hall–Kier alpha value is -2.76. The highest BCUT2D eigenvalue weighted by atomic mass is 79.9. The van der Waals surface area contributed by atoms with Gasteiger partial charge in [-0.1, -0.05) is 23.7 Å². The van der Waals surface area contributed by atoms with E-state index in [1.807, 2.05) is 0 Å². The number of aromatic nitrogens is 4. The van der Waals surface area contributed by atoms with Crippen LogP contribution >= 0.6 is 27.5 Å². The van der Waals surface area contributed by atoms with Crippen LogP contribution < -0.4 is 10.5 Å². The minimum Gasteiger partial charge on any atom is -0.383 e. The number of hydrogen-bond acceptors (Lipinski definition) is 6. The van der Waals surface area contributed by atoms with Gasteiger partial charge in [0.25, 0.3) is 10.0 Å². The fraction of sp³-hybridized carbons (Fsp3) is 0.0556. The fourth-order valence-electron chi connectivity index (χ4n) is 3.01. The maximum absolute atomic E-state index is 15.4. The number of fused-ring (bicyclic) bond motifs is 1. The summed E-state index contributed by atoms with van der Waals surface area (Å²) in [5.74, 6) is -0.573. The molecule has 154 valence electrons. The minimum atomic E-state index is -4.12. The summed E-state index contributed by atoms with van der Waals surface area (Å²) in [6.45, 7) is 0. The van der Waals surface area contributed by atoms with Gasteiger partial charge < -0.3 is 10.3 Å². The molecular formula is C18H13BrClFN6O2S. The van der Waals surface area contributed by atoms with Gasteiger partial charge in [-0.3, -0.25) is 4.72 Å². The van der Waals surface area contributed by atoms with Gasteiger partial charge in [0.2, 0.25) is 0 Å². The number of pyridine rings is 1. The topological polar surface area (TPSA) is 116 Å². The minimum absolute atomic E-state index is 0.109. The van der Waals surface area contributed by atoms with E-state index >= 15 is 4.39 Å².